The van der Waals surface area contributed by atoms with Gasteiger partial charge in [-0.25, -0.2) is 0 Å². The Morgan fingerprint density at radius 3 is 2.36 bits per heavy atom. The second kappa shape index (κ2) is 12.5. The van der Waals surface area contributed by atoms with Crippen LogP contribution in [0.2, 0.25) is 0 Å². The number of thiol groups is 1. The maximum Gasteiger partial charge on any atom is 0.220 e. The van der Waals surface area contributed by atoms with Crippen LogP contribution >= 0.6 is 12.6 Å². The molecule has 0 rings (SSSR count). The highest BCUT2D eigenvalue weighted by Gasteiger charge is 1.94. The minimum atomic E-state index is 0.104. The summed E-state index contributed by atoms with van der Waals surface area (Å²) in [6.07, 6.45) is 1.53. The molecule has 1 N–H and O–H groups in total. The zero-order valence-corrected chi connectivity index (χ0v) is 8.58. The molecule has 0 saturated carbocycles. The zero-order chi connectivity index (χ0) is 9.11. The van der Waals surface area contributed by atoms with Crippen LogP contribution in [0.4, 0.5) is 0 Å². The molecule has 0 aliphatic rings. The average Bonchev–Trinajstić information content (AvgIpc) is 2.05. The Bertz CT molecular complexity index is 86.2. The van der Waals surface area contributed by atoms with Gasteiger partial charge >= 0.3 is 0 Å². The molecule has 0 heterocycles. The number of hydrogen-bond acceptors (Lipinski definition) is 2. The van der Waals surface area contributed by atoms with Gasteiger partial charge in [-0.2, -0.15) is 12.6 Å². The van der Waals surface area contributed by atoms with Crippen LogP contribution in [0, 0.1) is 0 Å². The number of amides is 1. The molecule has 0 atom stereocenters. The van der Waals surface area contributed by atoms with Crippen LogP contribution in [0.25, 0.3) is 0 Å². The van der Waals surface area contributed by atoms with E-state index in [1.165, 1.54) is 0 Å². The van der Waals surface area contributed by atoms with Gasteiger partial charge in [0.05, 0.1) is 0 Å². The quantitative estimate of drug-likeness (QED) is 0.631. The Morgan fingerprint density at radius 1 is 1.45 bits per heavy atom. The normalized spacial score (nSPS) is 8.00. The molecule has 0 aliphatic heterocycles. The molecule has 0 spiro atoms. The molecular weight excluding hydrogens is 158 g/mol. The molecule has 2 nitrogen and oxygen atoms in total. The first kappa shape index (κ1) is 13.4. The lowest BCUT2D eigenvalue weighted by atomic mass is 10.4. The van der Waals surface area contributed by atoms with Gasteiger partial charge in [0.2, 0.25) is 5.91 Å². The van der Waals surface area contributed by atoms with Crippen LogP contribution in [-0.4, -0.2) is 18.2 Å². The molecule has 0 fully saturated rings. The largest absolute Gasteiger partial charge is 0.356 e. The summed E-state index contributed by atoms with van der Waals surface area (Å²) in [5, 5.41) is 2.75. The first-order valence-electron chi connectivity index (χ1n) is 4.18. The van der Waals surface area contributed by atoms with E-state index in [4.69, 9.17) is 0 Å². The number of nitrogens with one attached hydrogen (secondary N) is 1. The fraction of sp³-hybridized carbons (Fsp3) is 0.875. The Morgan fingerprint density at radius 2 is 2.00 bits per heavy atom. The van der Waals surface area contributed by atoms with Crippen LogP contribution in [0.5, 0.6) is 0 Å². The smallest absolute Gasteiger partial charge is 0.220 e. The zero-order valence-electron chi connectivity index (χ0n) is 7.68. The molecular formula is C8H19NOS. The summed E-state index contributed by atoms with van der Waals surface area (Å²) in [5.74, 6) is 0.738. The molecule has 68 valence electrons. The van der Waals surface area contributed by atoms with Crippen molar-refractivity contribution in [2.45, 2.75) is 33.6 Å². The van der Waals surface area contributed by atoms with Gasteiger partial charge in [0, 0.05) is 13.0 Å². The SMILES string of the molecule is CC.CCCNC(=O)CCS. The molecule has 0 saturated heterocycles. The molecule has 0 radical (unpaired) electrons. The van der Waals surface area contributed by atoms with Crippen molar-refractivity contribution in [3.05, 3.63) is 0 Å². The second-order valence-electron chi connectivity index (χ2n) is 1.82. The second-order valence-corrected chi connectivity index (χ2v) is 2.27. The Labute approximate surface area is 75.2 Å². The predicted octanol–water partition coefficient (Wildman–Crippen LogP) is 1.86. The van der Waals surface area contributed by atoms with Crippen molar-refractivity contribution in [2.75, 3.05) is 12.3 Å². The molecule has 0 aromatic rings. The van der Waals surface area contributed by atoms with E-state index in [-0.39, 0.29) is 5.91 Å². The van der Waals surface area contributed by atoms with E-state index in [0.29, 0.717) is 12.2 Å². The molecule has 0 bridgehead atoms. The summed E-state index contributed by atoms with van der Waals surface area (Å²) in [7, 11) is 0. The van der Waals surface area contributed by atoms with E-state index in [2.05, 4.69) is 17.9 Å². The van der Waals surface area contributed by atoms with Gasteiger partial charge in [-0.15, -0.1) is 0 Å². The lowest BCUT2D eigenvalue weighted by molar-refractivity contribution is -0.120. The summed E-state index contributed by atoms with van der Waals surface area (Å²) in [4.78, 5) is 10.6. The van der Waals surface area contributed by atoms with Crippen molar-refractivity contribution >= 4 is 18.5 Å². The van der Waals surface area contributed by atoms with E-state index in [0.717, 1.165) is 13.0 Å². The first-order chi connectivity index (χ1) is 5.31. The summed E-state index contributed by atoms with van der Waals surface area (Å²) in [5.41, 5.74) is 0. The number of carbonyl (C=O) groups excluding carboxylic acids is 1. The van der Waals surface area contributed by atoms with Crippen LogP contribution in [-0.2, 0) is 4.79 Å². The van der Waals surface area contributed by atoms with Crippen molar-refractivity contribution in [1.82, 2.24) is 5.32 Å². The first-order valence-corrected chi connectivity index (χ1v) is 4.82. The molecule has 1 amide bonds. The third kappa shape index (κ3) is 12.9. The van der Waals surface area contributed by atoms with Gasteiger partial charge in [-0.05, 0) is 12.2 Å². The number of carbonyl (C=O) groups is 1. The number of hydrogen-bond donors (Lipinski definition) is 2. The highest BCUT2D eigenvalue weighted by Crippen LogP contribution is 1.82. The van der Waals surface area contributed by atoms with Crippen LogP contribution in [0.1, 0.15) is 33.6 Å². The molecule has 0 aliphatic carbocycles. The maximum atomic E-state index is 10.6. The van der Waals surface area contributed by atoms with Crippen molar-refractivity contribution in [1.29, 1.82) is 0 Å². The van der Waals surface area contributed by atoms with Crippen molar-refractivity contribution in [2.24, 2.45) is 0 Å². The minimum absolute atomic E-state index is 0.104. The topological polar surface area (TPSA) is 29.1 Å². The fourth-order valence-electron chi connectivity index (χ4n) is 0.454. The summed E-state index contributed by atoms with van der Waals surface area (Å²) < 4.78 is 0. The average molecular weight is 177 g/mol. The summed E-state index contributed by atoms with van der Waals surface area (Å²) >= 11 is 3.92. The Hall–Kier alpha value is -0.180. The molecule has 3 heteroatoms. The Kier molecular flexibility index (Phi) is 15.2. The van der Waals surface area contributed by atoms with Gasteiger partial charge in [-0.1, -0.05) is 20.8 Å². The monoisotopic (exact) mass is 177 g/mol. The van der Waals surface area contributed by atoms with E-state index >= 15 is 0 Å². The lowest BCUT2D eigenvalue weighted by Crippen LogP contribution is -2.23. The van der Waals surface area contributed by atoms with E-state index in [1.54, 1.807) is 0 Å². The van der Waals surface area contributed by atoms with Crippen molar-refractivity contribution < 1.29 is 4.79 Å². The van der Waals surface area contributed by atoms with Gasteiger partial charge in [-0.3, -0.25) is 4.79 Å². The highest BCUT2D eigenvalue weighted by atomic mass is 32.1. The van der Waals surface area contributed by atoms with Crippen molar-refractivity contribution in [3.8, 4) is 0 Å². The molecule has 0 unspecified atom stereocenters. The van der Waals surface area contributed by atoms with Gasteiger partial charge in [0.1, 0.15) is 0 Å². The highest BCUT2D eigenvalue weighted by molar-refractivity contribution is 7.80. The maximum absolute atomic E-state index is 10.6. The van der Waals surface area contributed by atoms with Crippen LogP contribution in [0.3, 0.4) is 0 Å². The molecule has 11 heavy (non-hydrogen) atoms. The lowest BCUT2D eigenvalue weighted by Gasteiger charge is -1.99. The standard InChI is InChI=1S/C6H13NOS.C2H6/c1-2-4-7-6(8)3-5-9;1-2/h9H,2-5H2,1H3,(H,7,8);1-2H3. The van der Waals surface area contributed by atoms with Gasteiger partial charge in [0.25, 0.3) is 0 Å². The number of rotatable bonds is 4. The van der Waals surface area contributed by atoms with Crippen LogP contribution in [0.15, 0.2) is 0 Å². The van der Waals surface area contributed by atoms with E-state index < -0.39 is 0 Å². The molecule has 0 aromatic heterocycles. The van der Waals surface area contributed by atoms with Gasteiger partial charge < -0.3 is 5.32 Å². The Balaban J connectivity index is 0. The fourth-order valence-corrected chi connectivity index (χ4v) is 0.657. The van der Waals surface area contributed by atoms with E-state index in [1.807, 2.05) is 20.8 Å². The minimum Gasteiger partial charge on any atom is -0.356 e. The summed E-state index contributed by atoms with van der Waals surface area (Å²) in [6.45, 7) is 6.81. The van der Waals surface area contributed by atoms with E-state index in [9.17, 15) is 4.79 Å². The van der Waals surface area contributed by atoms with Crippen LogP contribution < -0.4 is 5.32 Å². The molecule has 0 aromatic carbocycles. The third-order valence-electron chi connectivity index (χ3n) is 0.911. The predicted molar refractivity (Wildman–Crippen MR) is 53.1 cm³/mol. The van der Waals surface area contributed by atoms with Gasteiger partial charge in [0.15, 0.2) is 0 Å². The summed E-state index contributed by atoms with van der Waals surface area (Å²) in [6, 6.07) is 0. The van der Waals surface area contributed by atoms with Crippen molar-refractivity contribution in [3.63, 3.8) is 0 Å². The third-order valence-corrected chi connectivity index (χ3v) is 1.13.